The van der Waals surface area contributed by atoms with Crippen LogP contribution in [-0.4, -0.2) is 45.3 Å². The van der Waals surface area contributed by atoms with Crippen LogP contribution in [0, 0.1) is 0 Å². The number of hydrogen-bond donors (Lipinski definition) is 3. The van der Waals surface area contributed by atoms with Crippen LogP contribution in [0.5, 0.6) is 0 Å². The molecule has 2 heterocycles. The molecule has 0 aromatic rings. The first kappa shape index (κ1) is 11.8. The van der Waals surface area contributed by atoms with Gasteiger partial charge < -0.3 is 10.6 Å². The fourth-order valence-corrected chi connectivity index (χ4v) is 3.65. The van der Waals surface area contributed by atoms with Gasteiger partial charge in [0.2, 0.25) is 15.9 Å². The van der Waals surface area contributed by atoms with E-state index in [0.29, 0.717) is 25.9 Å². The SMILES string of the molecule is O=C1NCCCC1NS(=O)(=O)C1CCNC1. The third-order valence-corrected chi connectivity index (χ3v) is 4.94. The first-order valence-corrected chi connectivity index (χ1v) is 7.14. The Morgan fingerprint density at radius 3 is 2.69 bits per heavy atom. The molecule has 2 saturated heterocycles. The van der Waals surface area contributed by atoms with Gasteiger partial charge in [0, 0.05) is 13.1 Å². The van der Waals surface area contributed by atoms with Crippen molar-refractivity contribution in [3.05, 3.63) is 0 Å². The topological polar surface area (TPSA) is 87.3 Å². The van der Waals surface area contributed by atoms with Crippen molar-refractivity contribution in [1.29, 1.82) is 0 Å². The van der Waals surface area contributed by atoms with Crippen molar-refractivity contribution in [3.63, 3.8) is 0 Å². The van der Waals surface area contributed by atoms with E-state index < -0.39 is 21.3 Å². The quantitative estimate of drug-likeness (QED) is 0.569. The lowest BCUT2D eigenvalue weighted by molar-refractivity contribution is -0.124. The third kappa shape index (κ3) is 2.53. The van der Waals surface area contributed by atoms with Gasteiger partial charge in [0.1, 0.15) is 6.04 Å². The number of piperidine rings is 1. The van der Waals surface area contributed by atoms with Gasteiger partial charge in [-0.3, -0.25) is 4.79 Å². The Labute approximate surface area is 95.2 Å². The van der Waals surface area contributed by atoms with E-state index in [2.05, 4.69) is 15.4 Å². The molecule has 2 unspecified atom stereocenters. The maximum Gasteiger partial charge on any atom is 0.238 e. The highest BCUT2D eigenvalue weighted by Crippen LogP contribution is 2.11. The van der Waals surface area contributed by atoms with Gasteiger partial charge in [-0.1, -0.05) is 0 Å². The number of nitrogens with one attached hydrogen (secondary N) is 3. The zero-order valence-electron chi connectivity index (χ0n) is 9.03. The second-order valence-corrected chi connectivity index (χ2v) is 6.26. The van der Waals surface area contributed by atoms with Crippen molar-refractivity contribution < 1.29 is 13.2 Å². The molecule has 2 aliphatic heterocycles. The second-order valence-electron chi connectivity index (χ2n) is 4.26. The van der Waals surface area contributed by atoms with Crippen molar-refractivity contribution in [1.82, 2.24) is 15.4 Å². The molecule has 2 rings (SSSR count). The van der Waals surface area contributed by atoms with Crippen LogP contribution in [0.15, 0.2) is 0 Å². The summed E-state index contributed by atoms with van der Waals surface area (Å²) < 4.78 is 26.3. The number of amides is 1. The van der Waals surface area contributed by atoms with Gasteiger partial charge in [0.15, 0.2) is 0 Å². The van der Waals surface area contributed by atoms with Crippen molar-refractivity contribution >= 4 is 15.9 Å². The Balaban J connectivity index is 1.99. The molecule has 1 amide bonds. The van der Waals surface area contributed by atoms with Gasteiger partial charge in [0.05, 0.1) is 5.25 Å². The van der Waals surface area contributed by atoms with Crippen LogP contribution in [0.4, 0.5) is 0 Å². The molecule has 2 atom stereocenters. The Morgan fingerprint density at radius 1 is 1.25 bits per heavy atom. The van der Waals surface area contributed by atoms with Crippen molar-refractivity contribution in [2.24, 2.45) is 0 Å². The highest BCUT2D eigenvalue weighted by molar-refractivity contribution is 7.90. The second kappa shape index (κ2) is 4.68. The smallest absolute Gasteiger partial charge is 0.238 e. The largest absolute Gasteiger partial charge is 0.355 e. The van der Waals surface area contributed by atoms with E-state index in [0.717, 1.165) is 13.0 Å². The Morgan fingerprint density at radius 2 is 2.06 bits per heavy atom. The maximum absolute atomic E-state index is 11.9. The van der Waals surface area contributed by atoms with Crippen LogP contribution in [0.3, 0.4) is 0 Å². The molecule has 7 heteroatoms. The molecule has 0 aliphatic carbocycles. The predicted octanol–water partition coefficient (Wildman–Crippen LogP) is -1.45. The summed E-state index contributed by atoms with van der Waals surface area (Å²) in [6, 6.07) is -0.584. The lowest BCUT2D eigenvalue weighted by Gasteiger charge is -2.24. The molecule has 0 spiro atoms. The molecular formula is C9H17N3O3S. The number of hydrogen-bond acceptors (Lipinski definition) is 4. The van der Waals surface area contributed by atoms with Crippen LogP contribution in [0.25, 0.3) is 0 Å². The van der Waals surface area contributed by atoms with E-state index in [1.165, 1.54) is 0 Å². The van der Waals surface area contributed by atoms with Crippen LogP contribution in [0.1, 0.15) is 19.3 Å². The van der Waals surface area contributed by atoms with Crippen LogP contribution >= 0.6 is 0 Å². The van der Waals surface area contributed by atoms with Gasteiger partial charge >= 0.3 is 0 Å². The van der Waals surface area contributed by atoms with E-state index in [1.807, 2.05) is 0 Å². The van der Waals surface area contributed by atoms with Gasteiger partial charge in [-0.2, -0.15) is 0 Å². The summed E-state index contributed by atoms with van der Waals surface area (Å²) in [4.78, 5) is 11.4. The predicted molar refractivity (Wildman–Crippen MR) is 59.4 cm³/mol. The minimum atomic E-state index is -3.37. The molecule has 92 valence electrons. The number of carbonyl (C=O) groups excluding carboxylic acids is 1. The minimum Gasteiger partial charge on any atom is -0.355 e. The summed E-state index contributed by atoms with van der Waals surface area (Å²) in [5, 5.41) is 5.27. The molecule has 0 aromatic carbocycles. The number of carbonyl (C=O) groups is 1. The molecule has 3 N–H and O–H groups in total. The third-order valence-electron chi connectivity index (χ3n) is 3.05. The lowest BCUT2D eigenvalue weighted by Crippen LogP contribution is -2.52. The van der Waals surface area contributed by atoms with Gasteiger partial charge in [-0.15, -0.1) is 0 Å². The van der Waals surface area contributed by atoms with E-state index >= 15 is 0 Å². The van der Waals surface area contributed by atoms with E-state index in [-0.39, 0.29) is 5.91 Å². The van der Waals surface area contributed by atoms with Crippen molar-refractivity contribution in [3.8, 4) is 0 Å². The monoisotopic (exact) mass is 247 g/mol. The standard InChI is InChI=1S/C9H17N3O3S/c13-9-8(2-1-4-11-9)12-16(14,15)7-3-5-10-6-7/h7-8,10,12H,1-6H2,(H,11,13). The summed E-state index contributed by atoms with van der Waals surface area (Å²) >= 11 is 0. The fourth-order valence-electron chi connectivity index (χ4n) is 2.07. The molecule has 16 heavy (non-hydrogen) atoms. The summed E-state index contributed by atoms with van der Waals surface area (Å²) in [5.74, 6) is -0.208. The molecule has 2 fully saturated rings. The van der Waals surface area contributed by atoms with Gasteiger partial charge in [-0.05, 0) is 25.8 Å². The highest BCUT2D eigenvalue weighted by Gasteiger charge is 2.33. The van der Waals surface area contributed by atoms with E-state index in [9.17, 15) is 13.2 Å². The summed E-state index contributed by atoms with van der Waals surface area (Å²) in [5.41, 5.74) is 0. The number of rotatable bonds is 3. The maximum atomic E-state index is 11.9. The first-order valence-electron chi connectivity index (χ1n) is 5.59. The molecule has 0 radical (unpaired) electrons. The van der Waals surface area contributed by atoms with Crippen LogP contribution in [0.2, 0.25) is 0 Å². The van der Waals surface area contributed by atoms with E-state index in [4.69, 9.17) is 0 Å². The molecule has 0 aromatic heterocycles. The van der Waals surface area contributed by atoms with Crippen molar-refractivity contribution in [2.75, 3.05) is 19.6 Å². The Bertz CT molecular complexity index is 362. The average molecular weight is 247 g/mol. The molecule has 2 aliphatic rings. The zero-order valence-corrected chi connectivity index (χ0v) is 9.85. The molecule has 0 saturated carbocycles. The molecular weight excluding hydrogens is 230 g/mol. The Hall–Kier alpha value is -0.660. The van der Waals surface area contributed by atoms with Gasteiger partial charge in [0.25, 0.3) is 0 Å². The van der Waals surface area contributed by atoms with Gasteiger partial charge in [-0.25, -0.2) is 13.1 Å². The fraction of sp³-hybridized carbons (Fsp3) is 0.889. The van der Waals surface area contributed by atoms with Crippen LogP contribution < -0.4 is 15.4 Å². The molecule has 0 bridgehead atoms. The summed E-state index contributed by atoms with van der Waals surface area (Å²) in [6.45, 7) is 1.84. The number of sulfonamides is 1. The first-order chi connectivity index (χ1) is 7.59. The normalized spacial score (nSPS) is 31.4. The highest BCUT2D eigenvalue weighted by atomic mass is 32.2. The van der Waals surface area contributed by atoms with Crippen molar-refractivity contribution in [2.45, 2.75) is 30.6 Å². The van der Waals surface area contributed by atoms with E-state index in [1.54, 1.807) is 0 Å². The summed E-state index contributed by atoms with van der Waals surface area (Å²) in [7, 11) is -3.37. The average Bonchev–Trinajstić information content (AvgIpc) is 2.75. The van der Waals surface area contributed by atoms with Crippen LogP contribution in [-0.2, 0) is 14.8 Å². The lowest BCUT2D eigenvalue weighted by atomic mass is 10.1. The zero-order chi connectivity index (χ0) is 11.6. The Kier molecular flexibility index (Phi) is 3.46. The minimum absolute atomic E-state index is 0.208. The summed E-state index contributed by atoms with van der Waals surface area (Å²) in [6.07, 6.45) is 2.02. The molecule has 6 nitrogen and oxygen atoms in total.